The SMILES string of the molecule is CC=O.C[C@@H]1Cc2cc(N3CCOCC3)ccc2N(C)[C@H]1F. The van der Waals surface area contributed by atoms with Crippen LogP contribution >= 0.6 is 0 Å². The number of benzene rings is 1. The van der Waals surface area contributed by atoms with Crippen LogP contribution in [0.15, 0.2) is 18.2 Å². The van der Waals surface area contributed by atoms with E-state index >= 15 is 0 Å². The molecule has 5 heteroatoms. The Morgan fingerprint density at radius 1 is 1.32 bits per heavy atom. The zero-order valence-corrected chi connectivity index (χ0v) is 13.6. The monoisotopic (exact) mass is 308 g/mol. The van der Waals surface area contributed by atoms with E-state index in [9.17, 15) is 4.39 Å². The Morgan fingerprint density at radius 2 is 1.95 bits per heavy atom. The minimum Gasteiger partial charge on any atom is -0.378 e. The highest BCUT2D eigenvalue weighted by Crippen LogP contribution is 2.35. The van der Waals surface area contributed by atoms with E-state index in [1.807, 2.05) is 14.0 Å². The van der Waals surface area contributed by atoms with Gasteiger partial charge >= 0.3 is 0 Å². The number of alkyl halides is 1. The summed E-state index contributed by atoms with van der Waals surface area (Å²) < 4.78 is 19.4. The molecule has 22 heavy (non-hydrogen) atoms. The first-order valence-electron chi connectivity index (χ1n) is 7.80. The second-order valence-electron chi connectivity index (χ2n) is 5.81. The highest BCUT2D eigenvalue weighted by atomic mass is 19.1. The normalized spacial score (nSPS) is 24.2. The molecule has 0 saturated carbocycles. The predicted molar refractivity (Wildman–Crippen MR) is 87.4 cm³/mol. The maximum atomic E-state index is 14.0. The van der Waals surface area contributed by atoms with E-state index < -0.39 is 6.30 Å². The third kappa shape index (κ3) is 3.58. The van der Waals surface area contributed by atoms with Gasteiger partial charge in [0.1, 0.15) is 6.29 Å². The van der Waals surface area contributed by atoms with Gasteiger partial charge in [-0.3, -0.25) is 0 Å². The number of nitrogens with zero attached hydrogens (tertiary/aromatic N) is 2. The zero-order chi connectivity index (χ0) is 16.1. The Morgan fingerprint density at radius 3 is 2.59 bits per heavy atom. The first-order chi connectivity index (χ1) is 10.6. The number of carbonyl (C=O) groups is 1. The Kier molecular flexibility index (Phi) is 5.77. The number of anilines is 2. The number of rotatable bonds is 1. The van der Waals surface area contributed by atoms with Crippen molar-refractivity contribution >= 4 is 17.7 Å². The largest absolute Gasteiger partial charge is 0.378 e. The number of fused-ring (bicyclic) bond motifs is 1. The van der Waals surface area contributed by atoms with Gasteiger partial charge in [0.15, 0.2) is 6.30 Å². The summed E-state index contributed by atoms with van der Waals surface area (Å²) >= 11 is 0. The summed E-state index contributed by atoms with van der Waals surface area (Å²) in [6, 6.07) is 6.38. The smallest absolute Gasteiger partial charge is 0.175 e. The van der Waals surface area contributed by atoms with E-state index in [0.29, 0.717) is 0 Å². The van der Waals surface area contributed by atoms with Crippen molar-refractivity contribution in [2.45, 2.75) is 26.6 Å². The van der Waals surface area contributed by atoms with Crippen LogP contribution in [0, 0.1) is 5.92 Å². The summed E-state index contributed by atoms with van der Waals surface area (Å²) in [5, 5.41) is 0. The molecule has 2 aliphatic rings. The predicted octanol–water partition coefficient (Wildman–Crippen LogP) is 2.65. The van der Waals surface area contributed by atoms with Crippen molar-refractivity contribution in [3.05, 3.63) is 23.8 Å². The van der Waals surface area contributed by atoms with E-state index in [2.05, 4.69) is 23.1 Å². The molecule has 0 aromatic heterocycles. The molecule has 0 aliphatic carbocycles. The van der Waals surface area contributed by atoms with Gasteiger partial charge in [0.2, 0.25) is 0 Å². The van der Waals surface area contributed by atoms with Gasteiger partial charge < -0.3 is 19.3 Å². The van der Waals surface area contributed by atoms with Crippen LogP contribution in [-0.2, 0) is 16.0 Å². The van der Waals surface area contributed by atoms with Gasteiger partial charge in [-0.05, 0) is 37.1 Å². The minimum absolute atomic E-state index is 0.0532. The van der Waals surface area contributed by atoms with E-state index in [1.165, 1.54) is 18.2 Å². The molecule has 0 unspecified atom stereocenters. The van der Waals surface area contributed by atoms with Crippen LogP contribution < -0.4 is 9.80 Å². The van der Waals surface area contributed by atoms with Crippen molar-refractivity contribution in [3.8, 4) is 0 Å². The van der Waals surface area contributed by atoms with Gasteiger partial charge in [-0.15, -0.1) is 0 Å². The molecule has 0 bridgehead atoms. The summed E-state index contributed by atoms with van der Waals surface area (Å²) in [7, 11) is 1.84. The number of ether oxygens (including phenoxy) is 1. The van der Waals surface area contributed by atoms with Gasteiger partial charge in [-0.2, -0.15) is 0 Å². The standard InChI is InChI=1S/C15H21FN2O.C2H4O/c1-11-9-12-10-13(18-5-7-19-8-6-18)3-4-14(12)17(2)15(11)16;1-2-3/h3-4,10-11,15H,5-9H2,1-2H3;2H,1H3/t11-,15-;/m1./s1. The highest BCUT2D eigenvalue weighted by molar-refractivity contribution is 5.63. The third-order valence-electron chi connectivity index (χ3n) is 4.20. The number of hydrogen-bond donors (Lipinski definition) is 0. The van der Waals surface area contributed by atoms with Crippen LogP contribution in [0.25, 0.3) is 0 Å². The van der Waals surface area contributed by atoms with Gasteiger partial charge in [-0.25, -0.2) is 4.39 Å². The van der Waals surface area contributed by atoms with Gasteiger partial charge in [0.05, 0.1) is 13.2 Å². The van der Waals surface area contributed by atoms with E-state index in [0.717, 1.165) is 44.7 Å². The number of carbonyl (C=O) groups excluding carboxylic acids is 1. The molecule has 1 saturated heterocycles. The minimum atomic E-state index is -0.873. The fourth-order valence-corrected chi connectivity index (χ4v) is 3.06. The molecule has 122 valence electrons. The third-order valence-corrected chi connectivity index (χ3v) is 4.20. The lowest BCUT2D eigenvalue weighted by molar-refractivity contribution is -0.106. The molecule has 4 nitrogen and oxygen atoms in total. The Labute approximate surface area is 131 Å². The fourth-order valence-electron chi connectivity index (χ4n) is 3.06. The molecule has 1 fully saturated rings. The molecular weight excluding hydrogens is 283 g/mol. The van der Waals surface area contributed by atoms with Crippen molar-refractivity contribution in [2.75, 3.05) is 43.2 Å². The first kappa shape index (κ1) is 16.7. The van der Waals surface area contributed by atoms with Crippen molar-refractivity contribution in [2.24, 2.45) is 5.92 Å². The van der Waals surface area contributed by atoms with Gasteiger partial charge in [0.25, 0.3) is 0 Å². The summed E-state index contributed by atoms with van der Waals surface area (Å²) in [6.45, 7) is 6.89. The van der Waals surface area contributed by atoms with Crippen LogP contribution in [0.2, 0.25) is 0 Å². The average Bonchev–Trinajstić information content (AvgIpc) is 2.54. The van der Waals surface area contributed by atoms with Crippen molar-refractivity contribution < 1.29 is 13.9 Å². The van der Waals surface area contributed by atoms with Crippen LogP contribution in [-0.4, -0.2) is 45.9 Å². The molecule has 1 aromatic rings. The lowest BCUT2D eigenvalue weighted by atomic mass is 9.92. The van der Waals surface area contributed by atoms with Crippen LogP contribution in [0.1, 0.15) is 19.4 Å². The molecule has 1 aromatic carbocycles. The molecule has 0 N–H and O–H groups in total. The molecule has 0 radical (unpaired) electrons. The maximum absolute atomic E-state index is 14.0. The Balaban J connectivity index is 0.000000545. The number of morpholine rings is 1. The maximum Gasteiger partial charge on any atom is 0.175 e. The van der Waals surface area contributed by atoms with Crippen LogP contribution in [0.4, 0.5) is 15.8 Å². The van der Waals surface area contributed by atoms with Gasteiger partial charge in [-0.1, -0.05) is 6.92 Å². The van der Waals surface area contributed by atoms with E-state index in [1.54, 1.807) is 4.90 Å². The molecule has 3 rings (SSSR count). The summed E-state index contributed by atoms with van der Waals surface area (Å²) in [4.78, 5) is 12.9. The molecule has 0 amide bonds. The lowest BCUT2D eigenvalue weighted by Gasteiger charge is -2.36. The zero-order valence-electron chi connectivity index (χ0n) is 13.6. The van der Waals surface area contributed by atoms with E-state index in [-0.39, 0.29) is 5.92 Å². The number of aldehydes is 1. The molecule has 0 spiro atoms. The molecular formula is C17H25FN2O2. The van der Waals surface area contributed by atoms with Crippen LogP contribution in [0.5, 0.6) is 0 Å². The first-order valence-corrected chi connectivity index (χ1v) is 7.80. The van der Waals surface area contributed by atoms with Crippen LogP contribution in [0.3, 0.4) is 0 Å². The number of hydrogen-bond acceptors (Lipinski definition) is 4. The summed E-state index contributed by atoms with van der Waals surface area (Å²) in [6.07, 6.45) is 0.695. The summed E-state index contributed by atoms with van der Waals surface area (Å²) in [5.74, 6) is 0.0532. The second kappa shape index (κ2) is 7.58. The topological polar surface area (TPSA) is 32.8 Å². The summed E-state index contributed by atoms with van der Waals surface area (Å²) in [5.41, 5.74) is 3.52. The number of halogens is 1. The molecule has 2 aliphatic heterocycles. The Bertz CT molecular complexity index is 503. The van der Waals surface area contributed by atoms with Crippen molar-refractivity contribution in [1.29, 1.82) is 0 Å². The second-order valence-corrected chi connectivity index (χ2v) is 5.81. The molecule has 2 atom stereocenters. The van der Waals surface area contributed by atoms with Crippen molar-refractivity contribution in [1.82, 2.24) is 0 Å². The quantitative estimate of drug-likeness (QED) is 0.590. The van der Waals surface area contributed by atoms with Gasteiger partial charge in [0, 0.05) is 37.4 Å². The molecule has 2 heterocycles. The lowest BCUT2D eigenvalue weighted by Crippen LogP contribution is -2.39. The highest BCUT2D eigenvalue weighted by Gasteiger charge is 2.29. The Hall–Kier alpha value is -1.62. The van der Waals surface area contributed by atoms with E-state index in [4.69, 9.17) is 9.53 Å². The van der Waals surface area contributed by atoms with Crippen molar-refractivity contribution in [3.63, 3.8) is 0 Å². The average molecular weight is 308 g/mol. The fraction of sp³-hybridized carbons (Fsp3) is 0.588.